The van der Waals surface area contributed by atoms with Crippen LogP contribution in [0.5, 0.6) is 0 Å². The first-order valence-corrected chi connectivity index (χ1v) is 6.78. The van der Waals surface area contributed by atoms with E-state index in [2.05, 4.69) is 20.9 Å². The normalized spacial score (nSPS) is 15.8. The summed E-state index contributed by atoms with van der Waals surface area (Å²) in [4.78, 5) is 22.2. The third-order valence-electron chi connectivity index (χ3n) is 3.25. The van der Waals surface area contributed by atoms with Crippen LogP contribution in [0, 0.1) is 0 Å². The Bertz CT molecular complexity index is 467. The average molecular weight is 281 g/mol. The molecule has 0 bridgehead atoms. The van der Waals surface area contributed by atoms with Crippen molar-refractivity contribution in [1.82, 2.24) is 25.6 Å². The van der Waals surface area contributed by atoms with Gasteiger partial charge in [0.2, 0.25) is 0 Å². The highest BCUT2D eigenvalue weighted by Crippen LogP contribution is 2.17. The molecule has 0 aliphatic heterocycles. The number of rotatable bonds is 5. The SMILES string of the molecule is O=C(O)Cn1cc(CNC(=O)NC2CCCCC2)nn1. The fourth-order valence-corrected chi connectivity index (χ4v) is 2.29. The summed E-state index contributed by atoms with van der Waals surface area (Å²) < 4.78 is 1.22. The van der Waals surface area contributed by atoms with Gasteiger partial charge in [0.05, 0.1) is 12.7 Å². The number of nitrogens with one attached hydrogen (secondary N) is 2. The number of hydrogen-bond donors (Lipinski definition) is 3. The highest BCUT2D eigenvalue weighted by Gasteiger charge is 2.15. The third kappa shape index (κ3) is 4.52. The van der Waals surface area contributed by atoms with Crippen molar-refractivity contribution in [2.75, 3.05) is 0 Å². The first-order valence-electron chi connectivity index (χ1n) is 6.78. The number of carbonyl (C=O) groups excluding carboxylic acids is 1. The zero-order valence-corrected chi connectivity index (χ0v) is 11.2. The van der Waals surface area contributed by atoms with Gasteiger partial charge < -0.3 is 15.7 Å². The van der Waals surface area contributed by atoms with Crippen LogP contribution in [0.4, 0.5) is 4.79 Å². The molecule has 2 rings (SSSR count). The molecule has 0 atom stereocenters. The van der Waals surface area contributed by atoms with Gasteiger partial charge in [-0.3, -0.25) is 4.79 Å². The molecule has 1 fully saturated rings. The number of aliphatic carboxylic acids is 1. The molecule has 1 aromatic heterocycles. The Morgan fingerprint density at radius 3 is 2.80 bits per heavy atom. The molecule has 1 aliphatic carbocycles. The first kappa shape index (κ1) is 14.3. The maximum Gasteiger partial charge on any atom is 0.325 e. The van der Waals surface area contributed by atoms with E-state index in [0.29, 0.717) is 5.69 Å². The molecule has 20 heavy (non-hydrogen) atoms. The summed E-state index contributed by atoms with van der Waals surface area (Å²) in [6, 6.07) is 0.0381. The molecular formula is C12H19N5O3. The summed E-state index contributed by atoms with van der Waals surface area (Å²) in [5.41, 5.74) is 0.532. The maximum absolute atomic E-state index is 11.7. The van der Waals surface area contributed by atoms with Gasteiger partial charge in [0.25, 0.3) is 0 Å². The lowest BCUT2D eigenvalue weighted by Crippen LogP contribution is -2.42. The molecule has 0 unspecified atom stereocenters. The lowest BCUT2D eigenvalue weighted by Gasteiger charge is -2.22. The maximum atomic E-state index is 11.7. The van der Waals surface area contributed by atoms with Crippen LogP contribution in [0.1, 0.15) is 37.8 Å². The van der Waals surface area contributed by atoms with Crippen molar-refractivity contribution in [3.05, 3.63) is 11.9 Å². The van der Waals surface area contributed by atoms with E-state index >= 15 is 0 Å². The number of carboxylic acids is 1. The summed E-state index contributed by atoms with van der Waals surface area (Å²) in [7, 11) is 0. The number of aromatic nitrogens is 3. The summed E-state index contributed by atoms with van der Waals surface area (Å²) in [5, 5.41) is 21.7. The minimum absolute atomic E-state index is 0.218. The number of urea groups is 1. The van der Waals surface area contributed by atoms with Crippen LogP contribution >= 0.6 is 0 Å². The molecule has 0 saturated heterocycles. The molecule has 0 spiro atoms. The van der Waals surface area contributed by atoms with E-state index in [9.17, 15) is 9.59 Å². The van der Waals surface area contributed by atoms with E-state index in [0.717, 1.165) is 25.7 Å². The Morgan fingerprint density at radius 1 is 1.35 bits per heavy atom. The summed E-state index contributed by atoms with van der Waals surface area (Å²) in [6.45, 7) is -0.000553. The lowest BCUT2D eigenvalue weighted by molar-refractivity contribution is -0.137. The predicted octanol–water partition coefficient (Wildman–Crippen LogP) is 0.495. The molecule has 8 nitrogen and oxygen atoms in total. The monoisotopic (exact) mass is 281 g/mol. The zero-order chi connectivity index (χ0) is 14.4. The Hall–Kier alpha value is -2.12. The van der Waals surface area contributed by atoms with Crippen LogP contribution in [0.3, 0.4) is 0 Å². The fraction of sp³-hybridized carbons (Fsp3) is 0.667. The number of carboxylic acid groups (broad SMARTS) is 1. The Labute approximate surface area is 116 Å². The molecule has 8 heteroatoms. The van der Waals surface area contributed by atoms with E-state index in [1.54, 1.807) is 0 Å². The number of carbonyl (C=O) groups is 2. The van der Waals surface area contributed by atoms with Gasteiger partial charge in [0.15, 0.2) is 0 Å². The first-order chi connectivity index (χ1) is 9.63. The largest absolute Gasteiger partial charge is 0.480 e. The average Bonchev–Trinajstić information content (AvgIpc) is 2.84. The highest BCUT2D eigenvalue weighted by molar-refractivity contribution is 5.74. The van der Waals surface area contributed by atoms with Gasteiger partial charge in [-0.1, -0.05) is 24.5 Å². The topological polar surface area (TPSA) is 109 Å². The minimum atomic E-state index is -0.982. The van der Waals surface area contributed by atoms with E-state index in [1.807, 2.05) is 0 Å². The van der Waals surface area contributed by atoms with Gasteiger partial charge in [-0.15, -0.1) is 5.10 Å². The van der Waals surface area contributed by atoms with Crippen molar-refractivity contribution >= 4 is 12.0 Å². The number of amides is 2. The smallest absolute Gasteiger partial charge is 0.325 e. The quantitative estimate of drug-likeness (QED) is 0.728. The van der Waals surface area contributed by atoms with Crippen molar-refractivity contribution in [3.63, 3.8) is 0 Å². The van der Waals surface area contributed by atoms with E-state index in [1.165, 1.54) is 17.3 Å². The Morgan fingerprint density at radius 2 is 2.10 bits per heavy atom. The molecule has 1 saturated carbocycles. The third-order valence-corrected chi connectivity index (χ3v) is 3.25. The molecule has 1 heterocycles. The van der Waals surface area contributed by atoms with Gasteiger partial charge in [-0.25, -0.2) is 9.48 Å². The van der Waals surface area contributed by atoms with Crippen LogP contribution in [0.2, 0.25) is 0 Å². The van der Waals surface area contributed by atoms with Crippen molar-refractivity contribution in [2.24, 2.45) is 0 Å². The summed E-state index contributed by atoms with van der Waals surface area (Å²) >= 11 is 0. The van der Waals surface area contributed by atoms with Gasteiger partial charge in [0.1, 0.15) is 12.2 Å². The van der Waals surface area contributed by atoms with Gasteiger partial charge in [-0.2, -0.15) is 0 Å². The molecule has 0 radical (unpaired) electrons. The van der Waals surface area contributed by atoms with Crippen LogP contribution in [0.25, 0.3) is 0 Å². The second kappa shape index (κ2) is 6.88. The summed E-state index contributed by atoms with van der Waals surface area (Å²) in [5.74, 6) is -0.982. The molecular weight excluding hydrogens is 262 g/mol. The fourth-order valence-electron chi connectivity index (χ4n) is 2.29. The molecule has 1 aromatic rings. The molecule has 0 aromatic carbocycles. The van der Waals surface area contributed by atoms with Crippen LogP contribution < -0.4 is 10.6 Å². The van der Waals surface area contributed by atoms with E-state index in [-0.39, 0.29) is 25.2 Å². The standard InChI is InChI=1S/C12H19N5O3/c18-11(19)8-17-7-10(15-16-17)6-13-12(20)14-9-4-2-1-3-5-9/h7,9H,1-6,8H2,(H,18,19)(H2,13,14,20). The molecule has 3 N–H and O–H groups in total. The van der Waals surface area contributed by atoms with Crippen LogP contribution in [0.15, 0.2) is 6.20 Å². The Balaban J connectivity index is 1.72. The van der Waals surface area contributed by atoms with Crippen molar-refractivity contribution in [2.45, 2.75) is 51.2 Å². The lowest BCUT2D eigenvalue weighted by atomic mass is 9.96. The Kier molecular flexibility index (Phi) is 4.91. The number of nitrogens with zero attached hydrogens (tertiary/aromatic N) is 3. The van der Waals surface area contributed by atoms with Crippen molar-refractivity contribution < 1.29 is 14.7 Å². The summed E-state index contributed by atoms with van der Waals surface area (Å²) in [6.07, 6.45) is 7.13. The van der Waals surface area contributed by atoms with Crippen molar-refractivity contribution in [1.29, 1.82) is 0 Å². The van der Waals surface area contributed by atoms with Crippen molar-refractivity contribution in [3.8, 4) is 0 Å². The number of hydrogen-bond acceptors (Lipinski definition) is 4. The second-order valence-electron chi connectivity index (χ2n) is 4.96. The van der Waals surface area contributed by atoms with E-state index < -0.39 is 5.97 Å². The molecule has 1 aliphatic rings. The second-order valence-corrected chi connectivity index (χ2v) is 4.96. The predicted molar refractivity (Wildman–Crippen MR) is 69.9 cm³/mol. The minimum Gasteiger partial charge on any atom is -0.480 e. The van der Waals surface area contributed by atoms with Crippen LogP contribution in [-0.2, 0) is 17.9 Å². The highest BCUT2D eigenvalue weighted by atomic mass is 16.4. The molecule has 2 amide bonds. The van der Waals surface area contributed by atoms with Gasteiger partial charge in [0, 0.05) is 6.04 Å². The van der Waals surface area contributed by atoms with Crippen LogP contribution in [-0.4, -0.2) is 38.1 Å². The van der Waals surface area contributed by atoms with Gasteiger partial charge >= 0.3 is 12.0 Å². The zero-order valence-electron chi connectivity index (χ0n) is 11.2. The van der Waals surface area contributed by atoms with Gasteiger partial charge in [-0.05, 0) is 12.8 Å². The van der Waals surface area contributed by atoms with E-state index in [4.69, 9.17) is 5.11 Å². The molecule has 110 valence electrons.